The number of aryl methyl sites for hydroxylation is 1. The molecule has 0 saturated carbocycles. The molecule has 0 amide bonds. The predicted octanol–water partition coefficient (Wildman–Crippen LogP) is 2.63. The maximum atomic E-state index is 12.2. The van der Waals surface area contributed by atoms with E-state index in [1.807, 2.05) is 31.3 Å². The van der Waals surface area contributed by atoms with Crippen molar-refractivity contribution in [1.82, 2.24) is 9.55 Å². The summed E-state index contributed by atoms with van der Waals surface area (Å²) in [7, 11) is 1.86. The molecule has 0 spiro atoms. The van der Waals surface area contributed by atoms with Gasteiger partial charge in [-0.25, -0.2) is 9.78 Å². The fraction of sp³-hybridized carbons (Fsp3) is 0.286. The third kappa shape index (κ3) is 5.41. The van der Waals surface area contributed by atoms with Crippen LogP contribution in [0.15, 0.2) is 55.0 Å². The smallest absolute Gasteiger partial charge is 0.331 e. The van der Waals surface area contributed by atoms with Gasteiger partial charge in [-0.05, 0) is 29.4 Å². The zero-order valence-corrected chi connectivity index (χ0v) is 15.4. The molecular weight excluding hydrogens is 344 g/mol. The minimum absolute atomic E-state index is 0.338. The Labute approximate surface area is 158 Å². The number of benzene rings is 1. The first-order valence-electron chi connectivity index (χ1n) is 8.78. The number of carbonyl (C=O) groups is 2. The highest BCUT2D eigenvalue weighted by atomic mass is 16.5. The molecule has 0 N–H and O–H groups in total. The van der Waals surface area contributed by atoms with Gasteiger partial charge in [-0.15, -0.1) is 0 Å². The summed E-state index contributed by atoms with van der Waals surface area (Å²) < 4.78 is 12.7. The molecule has 2 unspecified atom stereocenters. The van der Waals surface area contributed by atoms with Crippen molar-refractivity contribution in [2.24, 2.45) is 7.05 Å². The average molecular weight is 366 g/mol. The van der Waals surface area contributed by atoms with E-state index in [9.17, 15) is 9.59 Å². The van der Waals surface area contributed by atoms with Crippen LogP contribution in [0.1, 0.15) is 23.7 Å². The Morgan fingerprint density at radius 1 is 1.11 bits per heavy atom. The minimum Gasteiger partial charge on any atom is -0.458 e. The summed E-state index contributed by atoms with van der Waals surface area (Å²) in [5, 5.41) is 0. The van der Waals surface area contributed by atoms with Crippen LogP contribution in [0.2, 0.25) is 0 Å². The van der Waals surface area contributed by atoms with Crippen LogP contribution in [0.5, 0.6) is 0 Å². The van der Waals surface area contributed by atoms with Crippen LogP contribution in [-0.2, 0) is 39.0 Å². The second-order valence-corrected chi connectivity index (χ2v) is 6.48. The van der Waals surface area contributed by atoms with Crippen molar-refractivity contribution in [2.75, 3.05) is 0 Å². The molecule has 6 nitrogen and oxygen atoms in total. The largest absolute Gasteiger partial charge is 0.458 e. The van der Waals surface area contributed by atoms with Gasteiger partial charge in [0.25, 0.3) is 0 Å². The van der Waals surface area contributed by atoms with E-state index >= 15 is 0 Å². The molecule has 0 fully saturated rings. The molecule has 2 aromatic rings. The lowest BCUT2D eigenvalue weighted by atomic mass is 9.94. The second-order valence-electron chi connectivity index (χ2n) is 6.48. The molecule has 0 radical (unpaired) electrons. The van der Waals surface area contributed by atoms with Crippen molar-refractivity contribution >= 4 is 18.0 Å². The van der Waals surface area contributed by atoms with Gasteiger partial charge >= 0.3 is 11.9 Å². The standard InChI is InChI=1S/C21H22N2O4/c1-15(24)26-19-8-9-20(12-17-6-4-3-5-16(17)11-19)27-21(25)10-7-18-13-23(2)14-22-18/h3-10,13-14,19-20H,11-12H2,1-2H3/b9-8-,10-7+. The summed E-state index contributed by atoms with van der Waals surface area (Å²) in [4.78, 5) is 27.7. The number of aromatic nitrogens is 2. The number of nitrogens with zero attached hydrogens (tertiary/aromatic N) is 2. The highest BCUT2D eigenvalue weighted by Crippen LogP contribution is 2.20. The Balaban J connectivity index is 1.73. The average Bonchev–Trinajstić information content (AvgIpc) is 3.02. The number of imidazole rings is 1. The van der Waals surface area contributed by atoms with Crippen LogP contribution in [0, 0.1) is 0 Å². The molecule has 0 saturated heterocycles. The molecule has 1 aromatic heterocycles. The van der Waals surface area contributed by atoms with E-state index in [-0.39, 0.29) is 12.1 Å². The van der Waals surface area contributed by atoms with Gasteiger partial charge in [-0.3, -0.25) is 4.79 Å². The highest BCUT2D eigenvalue weighted by Gasteiger charge is 2.20. The molecule has 3 rings (SSSR count). The van der Waals surface area contributed by atoms with Crippen LogP contribution >= 0.6 is 0 Å². The SMILES string of the molecule is CC(=O)OC1/C=C\C(OC(=O)/C=C/c2cn(C)cn2)Cc2ccccc2C1. The number of rotatable bonds is 4. The monoisotopic (exact) mass is 366 g/mol. The molecule has 27 heavy (non-hydrogen) atoms. The molecule has 6 heteroatoms. The molecular formula is C21H22N2O4. The van der Waals surface area contributed by atoms with Gasteiger partial charge in [0.1, 0.15) is 12.2 Å². The van der Waals surface area contributed by atoms with Crippen molar-refractivity contribution in [3.8, 4) is 0 Å². The third-order valence-electron chi connectivity index (χ3n) is 4.20. The van der Waals surface area contributed by atoms with Crippen LogP contribution < -0.4 is 0 Å². The Morgan fingerprint density at radius 2 is 1.74 bits per heavy atom. The summed E-state index contributed by atoms with van der Waals surface area (Å²) >= 11 is 0. The maximum Gasteiger partial charge on any atom is 0.331 e. The Morgan fingerprint density at radius 3 is 2.30 bits per heavy atom. The number of hydrogen-bond donors (Lipinski definition) is 0. The van der Waals surface area contributed by atoms with Gasteiger partial charge in [0.2, 0.25) is 0 Å². The third-order valence-corrected chi connectivity index (χ3v) is 4.20. The summed E-state index contributed by atoms with van der Waals surface area (Å²) in [5.74, 6) is -0.785. The molecule has 140 valence electrons. The van der Waals surface area contributed by atoms with Crippen LogP contribution in [-0.4, -0.2) is 33.7 Å². The Hall–Kier alpha value is -3.15. The summed E-state index contributed by atoms with van der Waals surface area (Å²) in [6.45, 7) is 1.39. The number of fused-ring (bicyclic) bond motifs is 1. The zero-order valence-electron chi connectivity index (χ0n) is 15.4. The molecule has 0 aliphatic heterocycles. The van der Waals surface area contributed by atoms with E-state index in [0.29, 0.717) is 18.5 Å². The van der Waals surface area contributed by atoms with Crippen molar-refractivity contribution in [1.29, 1.82) is 0 Å². The van der Waals surface area contributed by atoms with Crippen molar-refractivity contribution < 1.29 is 19.1 Å². The lowest BCUT2D eigenvalue weighted by Crippen LogP contribution is -2.24. The molecule has 0 bridgehead atoms. The van der Waals surface area contributed by atoms with Gasteiger partial charge < -0.3 is 14.0 Å². The lowest BCUT2D eigenvalue weighted by molar-refractivity contribution is -0.144. The number of hydrogen-bond acceptors (Lipinski definition) is 5. The summed E-state index contributed by atoms with van der Waals surface area (Å²) in [5.41, 5.74) is 2.84. The van der Waals surface area contributed by atoms with E-state index in [1.165, 1.54) is 13.0 Å². The van der Waals surface area contributed by atoms with Crippen molar-refractivity contribution in [3.05, 3.63) is 71.8 Å². The van der Waals surface area contributed by atoms with E-state index in [0.717, 1.165) is 11.1 Å². The molecule has 2 atom stereocenters. The first-order chi connectivity index (χ1) is 13.0. The first-order valence-corrected chi connectivity index (χ1v) is 8.78. The van der Waals surface area contributed by atoms with E-state index in [1.54, 1.807) is 35.3 Å². The number of carbonyl (C=O) groups excluding carboxylic acids is 2. The zero-order chi connectivity index (χ0) is 19.2. The predicted molar refractivity (Wildman–Crippen MR) is 101 cm³/mol. The Bertz CT molecular complexity index is 882. The van der Waals surface area contributed by atoms with Gasteiger partial charge in [-0.1, -0.05) is 24.3 Å². The highest BCUT2D eigenvalue weighted by molar-refractivity contribution is 5.86. The molecule has 1 aliphatic rings. The quantitative estimate of drug-likeness (QED) is 0.473. The van der Waals surface area contributed by atoms with Gasteiger partial charge in [0, 0.05) is 39.1 Å². The van der Waals surface area contributed by atoms with Crippen LogP contribution in [0.4, 0.5) is 0 Å². The van der Waals surface area contributed by atoms with Gasteiger partial charge in [0.15, 0.2) is 0 Å². The molecule has 1 aromatic carbocycles. The molecule has 1 aliphatic carbocycles. The van der Waals surface area contributed by atoms with E-state index < -0.39 is 12.1 Å². The first kappa shape index (κ1) is 18.6. The summed E-state index contributed by atoms with van der Waals surface area (Å²) in [6.07, 6.45) is 10.4. The van der Waals surface area contributed by atoms with Crippen molar-refractivity contribution in [2.45, 2.75) is 32.0 Å². The second kappa shape index (κ2) is 8.49. The topological polar surface area (TPSA) is 70.4 Å². The van der Waals surface area contributed by atoms with Gasteiger partial charge in [-0.2, -0.15) is 0 Å². The van der Waals surface area contributed by atoms with Crippen LogP contribution in [0.25, 0.3) is 6.08 Å². The fourth-order valence-corrected chi connectivity index (χ4v) is 3.01. The van der Waals surface area contributed by atoms with E-state index in [4.69, 9.17) is 9.47 Å². The summed E-state index contributed by atoms with van der Waals surface area (Å²) in [6, 6.07) is 7.91. The van der Waals surface area contributed by atoms with Gasteiger partial charge in [0.05, 0.1) is 12.0 Å². The number of esters is 2. The Kier molecular flexibility index (Phi) is 5.86. The molecule has 1 heterocycles. The lowest BCUT2D eigenvalue weighted by Gasteiger charge is -2.22. The maximum absolute atomic E-state index is 12.2. The normalized spacial score (nSPS) is 20.4. The van der Waals surface area contributed by atoms with Crippen LogP contribution in [0.3, 0.4) is 0 Å². The fourth-order valence-electron chi connectivity index (χ4n) is 3.01. The van der Waals surface area contributed by atoms with E-state index in [2.05, 4.69) is 4.98 Å². The number of ether oxygens (including phenoxy) is 2. The minimum atomic E-state index is -0.447. The van der Waals surface area contributed by atoms with Crippen molar-refractivity contribution in [3.63, 3.8) is 0 Å².